The molecule has 0 unspecified atom stereocenters. The molecule has 0 spiro atoms. The van der Waals surface area contributed by atoms with Crippen LogP contribution < -0.4 is 10.6 Å². The van der Waals surface area contributed by atoms with Crippen LogP contribution in [0.3, 0.4) is 0 Å². The predicted molar refractivity (Wildman–Crippen MR) is 133 cm³/mol. The van der Waals surface area contributed by atoms with Gasteiger partial charge in [0.05, 0.1) is 29.4 Å². The maximum Gasteiger partial charge on any atom is 0.408 e. The van der Waals surface area contributed by atoms with Gasteiger partial charge >= 0.3 is 6.18 Å². The van der Waals surface area contributed by atoms with E-state index >= 15 is 0 Å². The van der Waals surface area contributed by atoms with Crippen LogP contribution in [0.25, 0.3) is 28.0 Å². The van der Waals surface area contributed by atoms with Crippen molar-refractivity contribution in [3.8, 4) is 34.9 Å². The molecule has 0 aromatic carbocycles. The van der Waals surface area contributed by atoms with Gasteiger partial charge in [0.15, 0.2) is 5.82 Å². The van der Waals surface area contributed by atoms with Crippen molar-refractivity contribution < 1.29 is 22.7 Å². The van der Waals surface area contributed by atoms with E-state index in [4.69, 9.17) is 16.9 Å². The fourth-order valence-corrected chi connectivity index (χ4v) is 4.49. The highest BCUT2D eigenvalue weighted by atomic mass is 19.4. The number of nitrogen functional groups attached to an aromatic ring is 1. The van der Waals surface area contributed by atoms with Gasteiger partial charge in [0.25, 0.3) is 5.91 Å². The summed E-state index contributed by atoms with van der Waals surface area (Å²) in [4.78, 5) is 23.3. The highest BCUT2D eigenvalue weighted by Crippen LogP contribution is 2.37. The smallest absolute Gasteiger partial charge is 0.382 e. The number of amides is 1. The van der Waals surface area contributed by atoms with E-state index in [2.05, 4.69) is 26.1 Å². The van der Waals surface area contributed by atoms with E-state index in [1.54, 1.807) is 39.1 Å². The van der Waals surface area contributed by atoms with Gasteiger partial charge in [-0.2, -0.15) is 23.4 Å². The van der Waals surface area contributed by atoms with Gasteiger partial charge in [0.1, 0.15) is 30.0 Å². The summed E-state index contributed by atoms with van der Waals surface area (Å²) in [6, 6.07) is 4.19. The van der Waals surface area contributed by atoms with Gasteiger partial charge in [-0.05, 0) is 39.0 Å². The summed E-state index contributed by atoms with van der Waals surface area (Å²) in [5.74, 6) is 2.35. The Bertz CT molecular complexity index is 1600. The third kappa shape index (κ3) is 4.22. The maximum atomic E-state index is 13.3. The van der Waals surface area contributed by atoms with Crippen LogP contribution in [-0.4, -0.2) is 59.7 Å². The van der Waals surface area contributed by atoms with Crippen LogP contribution in [0, 0.1) is 19.3 Å². The van der Waals surface area contributed by atoms with E-state index < -0.39 is 24.4 Å². The molecule has 0 radical (unpaired) electrons. The van der Waals surface area contributed by atoms with E-state index in [1.165, 1.54) is 28.0 Å². The number of aryl methyl sites for hydroxylation is 1. The molecule has 1 fully saturated rings. The predicted octanol–water partition coefficient (Wildman–Crippen LogP) is 3.25. The lowest BCUT2D eigenvalue weighted by Gasteiger charge is -2.41. The highest BCUT2D eigenvalue weighted by Gasteiger charge is 2.43. The minimum Gasteiger partial charge on any atom is -0.382 e. The second kappa shape index (κ2) is 8.84. The molecular formula is C25H23F3N8O2. The number of ether oxygens (including phenoxy) is 1. The second-order valence-corrected chi connectivity index (χ2v) is 9.35. The molecule has 13 heteroatoms. The normalized spacial score (nSPS) is 17.7. The van der Waals surface area contributed by atoms with E-state index in [1.807, 2.05) is 0 Å². The maximum absolute atomic E-state index is 13.3. The number of hydrogen-bond donors (Lipinski definition) is 1. The number of terminal acetylenes is 1. The first-order valence-corrected chi connectivity index (χ1v) is 11.5. The molecule has 1 amide bonds. The number of nitrogens with two attached hydrogens (primary N) is 1. The van der Waals surface area contributed by atoms with E-state index in [0.717, 1.165) is 4.68 Å². The number of carbonyl (C=O) groups excluding carboxylic acids is 1. The van der Waals surface area contributed by atoms with Gasteiger partial charge in [0.2, 0.25) is 0 Å². The lowest BCUT2D eigenvalue weighted by Crippen LogP contribution is -2.58. The van der Waals surface area contributed by atoms with Gasteiger partial charge in [-0.15, -0.1) is 6.42 Å². The van der Waals surface area contributed by atoms with Gasteiger partial charge in [-0.3, -0.25) is 19.4 Å². The minimum atomic E-state index is -4.48. The van der Waals surface area contributed by atoms with Crippen molar-refractivity contribution in [3.63, 3.8) is 0 Å². The first kappa shape index (κ1) is 25.2. The summed E-state index contributed by atoms with van der Waals surface area (Å²) in [6.07, 6.45) is 5.34. The average molecular weight is 525 g/mol. The number of hydrogen-bond acceptors (Lipinski definition) is 7. The molecule has 5 heterocycles. The summed E-state index contributed by atoms with van der Waals surface area (Å²) in [5, 5.41) is 8.14. The number of anilines is 2. The number of morpholine rings is 1. The minimum absolute atomic E-state index is 0.0683. The van der Waals surface area contributed by atoms with Gasteiger partial charge in [-0.1, -0.05) is 5.92 Å². The zero-order chi connectivity index (χ0) is 27.4. The second-order valence-electron chi connectivity index (χ2n) is 9.35. The highest BCUT2D eigenvalue weighted by molar-refractivity contribution is 6.01. The number of nitrogens with zero attached hydrogens (tertiary/aromatic N) is 7. The van der Waals surface area contributed by atoms with Crippen molar-refractivity contribution >= 4 is 22.9 Å². The van der Waals surface area contributed by atoms with E-state index in [0.29, 0.717) is 33.7 Å². The van der Waals surface area contributed by atoms with Gasteiger partial charge in [0, 0.05) is 23.5 Å². The zero-order valence-corrected chi connectivity index (χ0v) is 20.7. The molecular weight excluding hydrogens is 501 g/mol. The molecule has 196 valence electrons. The summed E-state index contributed by atoms with van der Waals surface area (Å²) in [6.45, 7) is 3.94. The molecule has 10 nitrogen and oxygen atoms in total. The molecule has 0 aliphatic carbocycles. The van der Waals surface area contributed by atoms with Crippen LogP contribution in [0.1, 0.15) is 19.5 Å². The van der Waals surface area contributed by atoms with Gasteiger partial charge < -0.3 is 10.5 Å². The number of halogens is 3. The summed E-state index contributed by atoms with van der Waals surface area (Å²) < 4.78 is 47.6. The lowest BCUT2D eigenvalue weighted by atomic mass is 10.0. The van der Waals surface area contributed by atoms with Crippen molar-refractivity contribution in [2.45, 2.75) is 45.1 Å². The van der Waals surface area contributed by atoms with Crippen LogP contribution in [0.4, 0.5) is 24.7 Å². The summed E-state index contributed by atoms with van der Waals surface area (Å²) in [7, 11) is 0. The Balaban J connectivity index is 1.69. The van der Waals surface area contributed by atoms with Crippen LogP contribution in [-0.2, 0) is 16.1 Å². The molecule has 2 N–H and O–H groups in total. The van der Waals surface area contributed by atoms with Crippen molar-refractivity contribution in [3.05, 3.63) is 42.6 Å². The molecule has 0 saturated carbocycles. The molecule has 1 aliphatic heterocycles. The quantitative estimate of drug-likeness (QED) is 0.408. The Morgan fingerprint density at radius 2 is 2.00 bits per heavy atom. The molecule has 4 aromatic heterocycles. The van der Waals surface area contributed by atoms with Crippen LogP contribution in [0.2, 0.25) is 0 Å². The Labute approximate surface area is 215 Å². The number of aromatic nitrogens is 6. The molecule has 4 aromatic rings. The third-order valence-corrected chi connectivity index (χ3v) is 6.36. The SMILES string of the molecule is C#C[C@H]1COC(C)(C)C(=O)N1c1cc(-c2cc(-c3ccnn3CC(F)(F)F)c3c(N)ncnn23)cnc1C. The monoisotopic (exact) mass is 524 g/mol. The van der Waals surface area contributed by atoms with Gasteiger partial charge in [-0.25, -0.2) is 9.50 Å². The number of rotatable bonds is 4. The molecule has 1 atom stereocenters. The molecule has 1 saturated heterocycles. The first-order chi connectivity index (χ1) is 17.9. The molecule has 1 aliphatic rings. The van der Waals surface area contributed by atoms with Crippen LogP contribution >= 0.6 is 0 Å². The Morgan fingerprint density at radius 3 is 2.71 bits per heavy atom. The van der Waals surface area contributed by atoms with E-state index in [9.17, 15) is 18.0 Å². The first-order valence-electron chi connectivity index (χ1n) is 11.5. The molecule has 38 heavy (non-hydrogen) atoms. The van der Waals surface area contributed by atoms with Crippen molar-refractivity contribution in [1.29, 1.82) is 0 Å². The molecule has 5 rings (SSSR count). The number of carbonyl (C=O) groups is 1. The number of pyridine rings is 1. The summed E-state index contributed by atoms with van der Waals surface area (Å²) in [5.41, 5.74) is 7.94. The topological polar surface area (TPSA) is 116 Å². The van der Waals surface area contributed by atoms with Crippen molar-refractivity contribution in [1.82, 2.24) is 29.4 Å². The standard InChI is InChI=1S/C25H23F3N8O2/c1-5-16-11-38-24(3,4)23(37)35(16)19-8-15(10-30-14(19)2)20-9-17(21-22(29)31-13-33-36(20)21)18-6-7-32-34(18)12-25(26,27)28/h1,6-10,13,16H,11-12H2,2-4H3,(H2,29,31,33)/t16-/m0/s1. The van der Waals surface area contributed by atoms with Crippen LogP contribution in [0.15, 0.2) is 36.9 Å². The fraction of sp³-hybridized carbons (Fsp3) is 0.320. The average Bonchev–Trinajstić information content (AvgIpc) is 3.45. The van der Waals surface area contributed by atoms with Crippen LogP contribution in [0.5, 0.6) is 0 Å². The Morgan fingerprint density at radius 1 is 1.24 bits per heavy atom. The largest absolute Gasteiger partial charge is 0.408 e. The number of alkyl halides is 3. The third-order valence-electron chi connectivity index (χ3n) is 6.36. The van der Waals surface area contributed by atoms with Crippen molar-refractivity contribution in [2.75, 3.05) is 17.2 Å². The fourth-order valence-electron chi connectivity index (χ4n) is 4.49. The zero-order valence-electron chi connectivity index (χ0n) is 20.7. The molecule has 0 bridgehead atoms. The Kier molecular flexibility index (Phi) is 5.87. The summed E-state index contributed by atoms with van der Waals surface area (Å²) >= 11 is 0. The van der Waals surface area contributed by atoms with Crippen molar-refractivity contribution in [2.24, 2.45) is 0 Å². The van der Waals surface area contributed by atoms with E-state index in [-0.39, 0.29) is 24.0 Å². The number of fused-ring (bicyclic) bond motifs is 1. The Hall–Kier alpha value is -4.44. The lowest BCUT2D eigenvalue weighted by molar-refractivity contribution is -0.146.